The van der Waals surface area contributed by atoms with Gasteiger partial charge < -0.3 is 10.1 Å². The van der Waals surface area contributed by atoms with Crippen molar-refractivity contribution in [2.45, 2.75) is 6.42 Å². The molecule has 0 aliphatic heterocycles. The topological polar surface area (TPSA) is 48.9 Å². The zero-order chi connectivity index (χ0) is 8.39. The largest absolute Gasteiger partial charge is 0.396 e. The number of aliphatic hydroxyl groups excluding tert-OH is 1. The SMILES string of the molecule is OCCc1ccc2nc[nH]c2c1. The van der Waals surface area contributed by atoms with Crippen molar-refractivity contribution in [3.63, 3.8) is 0 Å². The van der Waals surface area contributed by atoms with E-state index in [1.165, 1.54) is 0 Å². The molecule has 62 valence electrons. The fourth-order valence-electron chi connectivity index (χ4n) is 1.27. The van der Waals surface area contributed by atoms with Crippen molar-refractivity contribution in [1.29, 1.82) is 0 Å². The van der Waals surface area contributed by atoms with E-state index in [0.717, 1.165) is 16.6 Å². The Balaban J connectivity index is 2.46. The first kappa shape index (κ1) is 7.31. The van der Waals surface area contributed by atoms with Gasteiger partial charge in [-0.1, -0.05) is 6.07 Å². The maximum absolute atomic E-state index is 8.72. The van der Waals surface area contributed by atoms with Gasteiger partial charge in [0.1, 0.15) is 0 Å². The van der Waals surface area contributed by atoms with Gasteiger partial charge in [-0.3, -0.25) is 0 Å². The first-order chi connectivity index (χ1) is 5.90. The Hall–Kier alpha value is -1.35. The molecule has 2 N–H and O–H groups in total. The normalized spacial score (nSPS) is 10.8. The van der Waals surface area contributed by atoms with Gasteiger partial charge in [0.15, 0.2) is 0 Å². The molecule has 3 nitrogen and oxygen atoms in total. The maximum atomic E-state index is 8.72. The van der Waals surface area contributed by atoms with E-state index in [2.05, 4.69) is 9.97 Å². The predicted molar refractivity (Wildman–Crippen MR) is 46.9 cm³/mol. The molecule has 0 radical (unpaired) electrons. The molecule has 0 amide bonds. The molecule has 1 aromatic heterocycles. The Morgan fingerprint density at radius 1 is 1.42 bits per heavy atom. The Kier molecular flexibility index (Phi) is 1.80. The molecular weight excluding hydrogens is 152 g/mol. The Bertz CT molecular complexity index is 381. The fraction of sp³-hybridized carbons (Fsp3) is 0.222. The molecule has 0 spiro atoms. The summed E-state index contributed by atoms with van der Waals surface area (Å²) >= 11 is 0. The van der Waals surface area contributed by atoms with Gasteiger partial charge in [-0.2, -0.15) is 0 Å². The van der Waals surface area contributed by atoms with E-state index in [1.807, 2.05) is 18.2 Å². The number of aliphatic hydroxyl groups is 1. The Morgan fingerprint density at radius 2 is 2.33 bits per heavy atom. The summed E-state index contributed by atoms with van der Waals surface area (Å²) < 4.78 is 0. The lowest BCUT2D eigenvalue weighted by Crippen LogP contribution is -1.89. The summed E-state index contributed by atoms with van der Waals surface area (Å²) in [6, 6.07) is 5.95. The summed E-state index contributed by atoms with van der Waals surface area (Å²) in [4.78, 5) is 7.13. The number of nitrogens with one attached hydrogen (secondary N) is 1. The predicted octanol–water partition coefficient (Wildman–Crippen LogP) is 1.10. The molecule has 0 atom stereocenters. The highest BCUT2D eigenvalue weighted by Crippen LogP contribution is 2.11. The fourth-order valence-corrected chi connectivity index (χ4v) is 1.27. The second-order valence-electron chi connectivity index (χ2n) is 2.73. The van der Waals surface area contributed by atoms with Crippen molar-refractivity contribution in [2.24, 2.45) is 0 Å². The molecule has 0 bridgehead atoms. The third kappa shape index (κ3) is 1.19. The van der Waals surface area contributed by atoms with E-state index in [1.54, 1.807) is 6.33 Å². The van der Waals surface area contributed by atoms with Crippen LogP contribution in [0, 0.1) is 0 Å². The number of rotatable bonds is 2. The zero-order valence-corrected chi connectivity index (χ0v) is 6.62. The summed E-state index contributed by atoms with van der Waals surface area (Å²) in [5, 5.41) is 8.72. The minimum Gasteiger partial charge on any atom is -0.396 e. The Morgan fingerprint density at radius 3 is 3.17 bits per heavy atom. The van der Waals surface area contributed by atoms with E-state index in [4.69, 9.17) is 5.11 Å². The van der Waals surface area contributed by atoms with Crippen molar-refractivity contribution in [3.05, 3.63) is 30.1 Å². The molecular formula is C9H10N2O. The van der Waals surface area contributed by atoms with Gasteiger partial charge in [0.05, 0.1) is 17.4 Å². The van der Waals surface area contributed by atoms with Crippen LogP contribution in [-0.2, 0) is 6.42 Å². The number of hydrogen-bond donors (Lipinski definition) is 2. The van der Waals surface area contributed by atoms with Gasteiger partial charge in [0.2, 0.25) is 0 Å². The van der Waals surface area contributed by atoms with Crippen LogP contribution in [0.2, 0.25) is 0 Å². The van der Waals surface area contributed by atoms with Gasteiger partial charge >= 0.3 is 0 Å². The highest BCUT2D eigenvalue weighted by atomic mass is 16.2. The van der Waals surface area contributed by atoms with E-state index >= 15 is 0 Å². The molecule has 0 aliphatic rings. The van der Waals surface area contributed by atoms with Gasteiger partial charge in [0.25, 0.3) is 0 Å². The van der Waals surface area contributed by atoms with Crippen molar-refractivity contribution in [3.8, 4) is 0 Å². The molecule has 0 saturated carbocycles. The highest BCUT2D eigenvalue weighted by molar-refractivity contribution is 5.74. The summed E-state index contributed by atoms with van der Waals surface area (Å²) in [6.45, 7) is 0.194. The second-order valence-corrected chi connectivity index (χ2v) is 2.73. The van der Waals surface area contributed by atoms with E-state index in [9.17, 15) is 0 Å². The van der Waals surface area contributed by atoms with Gasteiger partial charge in [-0.05, 0) is 24.1 Å². The third-order valence-corrected chi connectivity index (χ3v) is 1.89. The molecule has 2 aromatic rings. The van der Waals surface area contributed by atoms with Crippen molar-refractivity contribution < 1.29 is 5.11 Å². The zero-order valence-electron chi connectivity index (χ0n) is 6.62. The van der Waals surface area contributed by atoms with E-state index in [-0.39, 0.29) is 6.61 Å². The van der Waals surface area contributed by atoms with Crippen molar-refractivity contribution in [1.82, 2.24) is 9.97 Å². The summed E-state index contributed by atoms with van der Waals surface area (Å²) in [7, 11) is 0. The first-order valence-corrected chi connectivity index (χ1v) is 3.93. The minimum atomic E-state index is 0.194. The lowest BCUT2D eigenvalue weighted by atomic mass is 10.1. The van der Waals surface area contributed by atoms with Crippen LogP contribution in [0.15, 0.2) is 24.5 Å². The number of hydrogen-bond acceptors (Lipinski definition) is 2. The number of aromatic amines is 1. The number of H-pyrrole nitrogens is 1. The van der Waals surface area contributed by atoms with Crippen molar-refractivity contribution in [2.75, 3.05) is 6.61 Å². The average molecular weight is 162 g/mol. The highest BCUT2D eigenvalue weighted by Gasteiger charge is 1.96. The smallest absolute Gasteiger partial charge is 0.0931 e. The van der Waals surface area contributed by atoms with Crippen LogP contribution < -0.4 is 0 Å². The van der Waals surface area contributed by atoms with Gasteiger partial charge in [-0.25, -0.2) is 4.98 Å². The van der Waals surface area contributed by atoms with Crippen LogP contribution in [0.1, 0.15) is 5.56 Å². The minimum absolute atomic E-state index is 0.194. The van der Waals surface area contributed by atoms with Crippen molar-refractivity contribution >= 4 is 11.0 Å². The summed E-state index contributed by atoms with van der Waals surface area (Å²) in [5.41, 5.74) is 3.13. The first-order valence-electron chi connectivity index (χ1n) is 3.93. The molecule has 1 aromatic carbocycles. The number of fused-ring (bicyclic) bond motifs is 1. The van der Waals surface area contributed by atoms with Crippen LogP contribution in [-0.4, -0.2) is 21.7 Å². The lowest BCUT2D eigenvalue weighted by Gasteiger charge is -1.96. The van der Waals surface area contributed by atoms with Crippen LogP contribution in [0.5, 0.6) is 0 Å². The summed E-state index contributed by atoms with van der Waals surface area (Å²) in [5.74, 6) is 0. The molecule has 1 heterocycles. The van der Waals surface area contributed by atoms with Gasteiger partial charge in [0, 0.05) is 6.61 Å². The van der Waals surface area contributed by atoms with Crippen LogP contribution in [0.4, 0.5) is 0 Å². The van der Waals surface area contributed by atoms with Crippen LogP contribution in [0.3, 0.4) is 0 Å². The van der Waals surface area contributed by atoms with Gasteiger partial charge in [-0.15, -0.1) is 0 Å². The van der Waals surface area contributed by atoms with E-state index < -0.39 is 0 Å². The number of aromatic nitrogens is 2. The Labute approximate surface area is 70.1 Å². The van der Waals surface area contributed by atoms with E-state index in [0.29, 0.717) is 6.42 Å². The number of nitrogens with zero attached hydrogens (tertiary/aromatic N) is 1. The third-order valence-electron chi connectivity index (χ3n) is 1.89. The molecule has 0 fully saturated rings. The molecule has 0 saturated heterocycles. The van der Waals surface area contributed by atoms with Crippen LogP contribution in [0.25, 0.3) is 11.0 Å². The maximum Gasteiger partial charge on any atom is 0.0931 e. The molecule has 0 aliphatic carbocycles. The molecule has 0 unspecified atom stereocenters. The summed E-state index contributed by atoms with van der Waals surface area (Å²) in [6.07, 6.45) is 2.38. The van der Waals surface area contributed by atoms with Crippen LogP contribution >= 0.6 is 0 Å². The lowest BCUT2D eigenvalue weighted by molar-refractivity contribution is 0.299. The number of benzene rings is 1. The molecule has 12 heavy (non-hydrogen) atoms. The molecule has 2 rings (SSSR count). The monoisotopic (exact) mass is 162 g/mol. The molecule has 3 heteroatoms. The quantitative estimate of drug-likeness (QED) is 0.694. The average Bonchev–Trinajstić information content (AvgIpc) is 2.51. The standard InChI is InChI=1S/C9H10N2O/c12-4-3-7-1-2-8-9(5-7)11-6-10-8/h1-2,5-6,12H,3-4H2,(H,10,11). The second kappa shape index (κ2) is 2.95. The number of imidazole rings is 1.